The van der Waals surface area contributed by atoms with Crippen LogP contribution in [-0.4, -0.2) is 37.8 Å². The Balaban J connectivity index is 0.00000180. The molecule has 2 rings (SSSR count). The monoisotopic (exact) mass is 394 g/mol. The smallest absolute Gasteiger partial charge is 0.145 e. The van der Waals surface area contributed by atoms with Crippen LogP contribution >= 0.6 is 40.7 Å². The molecule has 116 valence electrons. The number of rotatable bonds is 3. The first-order valence-corrected chi connectivity index (χ1v) is 6.58. The number of piperazine rings is 1. The van der Waals surface area contributed by atoms with E-state index in [1.54, 1.807) is 4.90 Å². The van der Waals surface area contributed by atoms with Crippen LogP contribution in [0.2, 0.25) is 0 Å². The molecule has 1 N–H and O–H groups in total. The van der Waals surface area contributed by atoms with Gasteiger partial charge in [0.25, 0.3) is 0 Å². The van der Waals surface area contributed by atoms with Crippen molar-refractivity contribution < 1.29 is 13.2 Å². The van der Waals surface area contributed by atoms with Gasteiger partial charge in [-0.05, 0) is 28.1 Å². The molecular formula is C12H16BrCl2F3N2. The number of hydrogen-bond acceptors (Lipinski definition) is 2. The molecule has 2 nitrogen and oxygen atoms in total. The molecule has 0 amide bonds. The summed E-state index contributed by atoms with van der Waals surface area (Å²) >= 11 is 3.01. The fourth-order valence-electron chi connectivity index (χ4n) is 2.20. The van der Waals surface area contributed by atoms with E-state index in [2.05, 4.69) is 21.2 Å². The van der Waals surface area contributed by atoms with Gasteiger partial charge in [-0.1, -0.05) is 0 Å². The summed E-state index contributed by atoms with van der Waals surface area (Å²) in [6.45, 7) is 1.77. The van der Waals surface area contributed by atoms with Crippen LogP contribution < -0.4 is 5.32 Å². The highest BCUT2D eigenvalue weighted by atomic mass is 79.9. The second-order valence-corrected chi connectivity index (χ2v) is 5.07. The zero-order valence-corrected chi connectivity index (χ0v) is 13.8. The van der Waals surface area contributed by atoms with Gasteiger partial charge < -0.3 is 5.32 Å². The minimum absolute atomic E-state index is 0. The lowest BCUT2D eigenvalue weighted by molar-refractivity contribution is 0.141. The van der Waals surface area contributed by atoms with Crippen molar-refractivity contribution in [3.8, 4) is 0 Å². The molecule has 1 aromatic rings. The molecule has 0 saturated carbocycles. The van der Waals surface area contributed by atoms with Gasteiger partial charge in [0.2, 0.25) is 0 Å². The molecule has 1 aliphatic heterocycles. The van der Waals surface area contributed by atoms with Crippen LogP contribution in [0.5, 0.6) is 0 Å². The van der Waals surface area contributed by atoms with Gasteiger partial charge in [0.05, 0.1) is 10.5 Å². The average Bonchev–Trinajstić information content (AvgIpc) is 2.40. The highest BCUT2D eigenvalue weighted by molar-refractivity contribution is 9.10. The van der Waals surface area contributed by atoms with Crippen molar-refractivity contribution in [2.24, 2.45) is 0 Å². The van der Waals surface area contributed by atoms with E-state index in [1.165, 1.54) is 6.07 Å². The summed E-state index contributed by atoms with van der Waals surface area (Å²) in [4.78, 5) is 1.77. The zero-order chi connectivity index (χ0) is 13.1. The highest BCUT2D eigenvalue weighted by Crippen LogP contribution is 2.30. The van der Waals surface area contributed by atoms with Crippen molar-refractivity contribution in [2.45, 2.75) is 6.04 Å². The summed E-state index contributed by atoms with van der Waals surface area (Å²) in [7, 11) is 0. The molecule has 8 heteroatoms. The molecule has 0 radical (unpaired) electrons. The van der Waals surface area contributed by atoms with Gasteiger partial charge in [0.15, 0.2) is 0 Å². The predicted molar refractivity (Wildman–Crippen MR) is 81.7 cm³/mol. The average molecular weight is 396 g/mol. The molecule has 1 saturated heterocycles. The molecule has 0 aliphatic carbocycles. The summed E-state index contributed by atoms with van der Waals surface area (Å²) in [5.74, 6) is -1.41. The topological polar surface area (TPSA) is 15.3 Å². The van der Waals surface area contributed by atoms with E-state index in [9.17, 15) is 13.2 Å². The van der Waals surface area contributed by atoms with Crippen LogP contribution in [0.4, 0.5) is 13.2 Å². The summed E-state index contributed by atoms with van der Waals surface area (Å²) in [6.07, 6.45) is 0. The van der Waals surface area contributed by atoms with Crippen LogP contribution in [0.1, 0.15) is 11.6 Å². The molecule has 0 unspecified atom stereocenters. The third-order valence-electron chi connectivity index (χ3n) is 3.15. The molecule has 1 atom stereocenters. The third kappa shape index (κ3) is 4.24. The molecule has 0 aromatic heterocycles. The SMILES string of the molecule is Cl.Cl.FC[C@H](c1c(F)ccc(Br)c1F)N1CCNCC1. The maximum absolute atomic E-state index is 14.0. The van der Waals surface area contributed by atoms with E-state index in [1.807, 2.05) is 0 Å². The summed E-state index contributed by atoms with van der Waals surface area (Å²) in [5, 5.41) is 3.12. The van der Waals surface area contributed by atoms with Gasteiger partial charge in [-0.2, -0.15) is 0 Å². The number of nitrogens with zero attached hydrogens (tertiary/aromatic N) is 1. The van der Waals surface area contributed by atoms with E-state index in [0.29, 0.717) is 26.2 Å². The second kappa shape index (κ2) is 9.10. The Morgan fingerprint density at radius 1 is 1.20 bits per heavy atom. The van der Waals surface area contributed by atoms with Gasteiger partial charge in [-0.25, -0.2) is 13.2 Å². The van der Waals surface area contributed by atoms with Crippen LogP contribution in [-0.2, 0) is 0 Å². The molecule has 1 aromatic carbocycles. The summed E-state index contributed by atoms with van der Waals surface area (Å²) in [5.41, 5.74) is -0.186. The first kappa shape index (κ1) is 20.0. The Morgan fingerprint density at radius 3 is 2.35 bits per heavy atom. The maximum Gasteiger partial charge on any atom is 0.145 e. The van der Waals surface area contributed by atoms with Gasteiger partial charge >= 0.3 is 0 Å². The number of benzene rings is 1. The van der Waals surface area contributed by atoms with Gasteiger partial charge in [-0.15, -0.1) is 24.8 Å². The molecule has 1 heterocycles. The Labute approximate surface area is 137 Å². The minimum atomic E-state index is -0.857. The predicted octanol–water partition coefficient (Wildman–Crippen LogP) is 3.49. The molecular weight excluding hydrogens is 380 g/mol. The van der Waals surface area contributed by atoms with Crippen molar-refractivity contribution in [2.75, 3.05) is 32.9 Å². The van der Waals surface area contributed by atoms with Crippen molar-refractivity contribution >= 4 is 40.7 Å². The van der Waals surface area contributed by atoms with Crippen LogP contribution in [0.25, 0.3) is 0 Å². The fourth-order valence-corrected chi connectivity index (χ4v) is 2.55. The molecule has 1 aliphatic rings. The molecule has 20 heavy (non-hydrogen) atoms. The largest absolute Gasteiger partial charge is 0.314 e. The van der Waals surface area contributed by atoms with Crippen molar-refractivity contribution in [1.29, 1.82) is 0 Å². The van der Waals surface area contributed by atoms with Crippen molar-refractivity contribution in [3.63, 3.8) is 0 Å². The summed E-state index contributed by atoms with van der Waals surface area (Å²) < 4.78 is 41.1. The second-order valence-electron chi connectivity index (χ2n) is 4.21. The zero-order valence-electron chi connectivity index (χ0n) is 10.5. The lowest BCUT2D eigenvalue weighted by Crippen LogP contribution is -2.46. The number of alkyl halides is 1. The normalized spacial score (nSPS) is 17.0. The molecule has 0 spiro atoms. The van der Waals surface area contributed by atoms with E-state index < -0.39 is 24.4 Å². The van der Waals surface area contributed by atoms with Crippen LogP contribution in [0, 0.1) is 11.6 Å². The summed E-state index contributed by atoms with van der Waals surface area (Å²) in [6, 6.07) is 1.60. The fraction of sp³-hybridized carbons (Fsp3) is 0.500. The molecule has 1 fully saturated rings. The number of halogens is 6. The van der Waals surface area contributed by atoms with Crippen LogP contribution in [0.15, 0.2) is 16.6 Å². The van der Waals surface area contributed by atoms with E-state index in [4.69, 9.17) is 0 Å². The van der Waals surface area contributed by atoms with E-state index >= 15 is 0 Å². The molecule has 0 bridgehead atoms. The van der Waals surface area contributed by atoms with Gasteiger partial charge in [0.1, 0.15) is 18.3 Å². The van der Waals surface area contributed by atoms with E-state index in [-0.39, 0.29) is 34.9 Å². The lowest BCUT2D eigenvalue weighted by Gasteiger charge is -2.34. The lowest BCUT2D eigenvalue weighted by atomic mass is 10.0. The Hall–Kier alpha value is -0.0100. The van der Waals surface area contributed by atoms with Crippen LogP contribution in [0.3, 0.4) is 0 Å². The standard InChI is InChI=1S/C12H14BrF3N2.2ClH/c13-8-1-2-9(15)11(12(8)16)10(7-14)18-5-3-17-4-6-18;;/h1-2,10,17H,3-7H2;2*1H/t10-;;/m1../s1. The maximum atomic E-state index is 14.0. The third-order valence-corrected chi connectivity index (χ3v) is 3.76. The number of nitrogens with one attached hydrogen (secondary N) is 1. The Morgan fingerprint density at radius 2 is 1.80 bits per heavy atom. The Kier molecular flexibility index (Phi) is 9.09. The van der Waals surface area contributed by atoms with Gasteiger partial charge in [0, 0.05) is 31.7 Å². The van der Waals surface area contributed by atoms with Gasteiger partial charge in [-0.3, -0.25) is 4.90 Å². The van der Waals surface area contributed by atoms with E-state index in [0.717, 1.165) is 6.07 Å². The van der Waals surface area contributed by atoms with Crippen molar-refractivity contribution in [1.82, 2.24) is 10.2 Å². The van der Waals surface area contributed by atoms with Crippen molar-refractivity contribution in [3.05, 3.63) is 33.8 Å². The first-order chi connectivity index (χ1) is 8.65. The number of hydrogen-bond donors (Lipinski definition) is 1. The first-order valence-electron chi connectivity index (χ1n) is 5.79. The minimum Gasteiger partial charge on any atom is -0.314 e. The quantitative estimate of drug-likeness (QED) is 0.788. The Bertz CT molecular complexity index is 431. The highest BCUT2D eigenvalue weighted by Gasteiger charge is 2.28.